The Balaban J connectivity index is 1.21. The van der Waals surface area contributed by atoms with Crippen LogP contribution in [-0.2, 0) is 21.7 Å². The minimum absolute atomic E-state index is 0.0156. The number of hydrogen-bond acceptors (Lipinski definition) is 4. The van der Waals surface area contributed by atoms with E-state index in [1.807, 2.05) is 6.20 Å². The van der Waals surface area contributed by atoms with Crippen molar-refractivity contribution in [3.8, 4) is 28.4 Å². The molecule has 5 nitrogen and oxygen atoms in total. The summed E-state index contributed by atoms with van der Waals surface area (Å²) in [6.07, 6.45) is 4.30. The molecule has 0 aliphatic carbocycles. The summed E-state index contributed by atoms with van der Waals surface area (Å²) in [5, 5.41) is 2.43. The van der Waals surface area contributed by atoms with Gasteiger partial charge in [0.05, 0.1) is 17.7 Å². The number of allylic oxidation sites excluding steroid dienone is 1. The molecule has 0 atom stereocenters. The molecule has 0 saturated heterocycles. The van der Waals surface area contributed by atoms with Crippen molar-refractivity contribution in [3.63, 3.8) is 0 Å². The normalized spacial score (nSPS) is 13.8. The molecule has 0 radical (unpaired) electrons. The molecule has 0 spiro atoms. The minimum atomic E-state index is -0.289. The van der Waals surface area contributed by atoms with Gasteiger partial charge in [-0.1, -0.05) is 167 Å². The standard InChI is InChI=1S/C59H62N4O/c1-56(2,3)43-25-20-26-45(33-43)62-39-61(38-53(62)59(10,11)42-23-16-13-17-24-42)46-31-41(40-21-14-12-15-22-40)32-47(35-46)64-48-36-50(58(7,8)9)55-49-27-18-19-28-51(49)63(52(55)37-48)54-34-44(29-30-60-54)57(4,5)6/h12-38H,39H2,1-11H3. The van der Waals surface area contributed by atoms with Gasteiger partial charge in [-0.2, -0.15) is 0 Å². The average molecular weight is 843 g/mol. The maximum atomic E-state index is 7.18. The number of rotatable bonds is 8. The SMILES string of the molecule is CC(C)(C)c1cccc(N2CN(c3cc(Oc4cc(C(C)(C)C)c5c6ccccc6n(-c6cc(C(C)(C)C)ccn6)c5c4)cc(-c4ccccc4)c3)C=C2C(C)(C)c2ccccc2)c1. The number of pyridine rings is 1. The number of fused-ring (bicyclic) bond motifs is 3. The summed E-state index contributed by atoms with van der Waals surface area (Å²) in [5.74, 6) is 2.46. The number of nitrogens with zero attached hydrogens (tertiary/aromatic N) is 4. The predicted octanol–water partition coefficient (Wildman–Crippen LogP) is 15.6. The van der Waals surface area contributed by atoms with Gasteiger partial charge in [-0.15, -0.1) is 0 Å². The number of benzene rings is 6. The second-order valence-electron chi connectivity index (χ2n) is 21.1. The van der Waals surface area contributed by atoms with Crippen molar-refractivity contribution in [2.24, 2.45) is 0 Å². The van der Waals surface area contributed by atoms with Gasteiger partial charge in [-0.25, -0.2) is 4.98 Å². The second-order valence-corrected chi connectivity index (χ2v) is 21.1. The summed E-state index contributed by atoms with van der Waals surface area (Å²) in [4.78, 5) is 9.87. The predicted molar refractivity (Wildman–Crippen MR) is 270 cm³/mol. The van der Waals surface area contributed by atoms with Gasteiger partial charge in [0.15, 0.2) is 0 Å². The molecule has 0 unspecified atom stereocenters. The molecule has 0 fully saturated rings. The molecule has 8 aromatic rings. The lowest BCUT2D eigenvalue weighted by atomic mass is 9.81. The summed E-state index contributed by atoms with van der Waals surface area (Å²) in [6, 6.07) is 54.8. The Bertz CT molecular complexity index is 3030. The number of aromatic nitrogens is 2. The Labute approximate surface area is 380 Å². The van der Waals surface area contributed by atoms with Gasteiger partial charge in [0.25, 0.3) is 0 Å². The highest BCUT2D eigenvalue weighted by atomic mass is 16.5. The van der Waals surface area contributed by atoms with Crippen molar-refractivity contribution in [3.05, 3.63) is 192 Å². The Kier molecular flexibility index (Phi) is 10.6. The van der Waals surface area contributed by atoms with Crippen LogP contribution in [0.1, 0.15) is 98.4 Å². The molecule has 0 amide bonds. The summed E-state index contributed by atoms with van der Waals surface area (Å²) >= 11 is 0. The summed E-state index contributed by atoms with van der Waals surface area (Å²) in [5.41, 5.74) is 12.5. The number of ether oxygens (including phenoxy) is 1. The first-order chi connectivity index (χ1) is 30.4. The van der Waals surface area contributed by atoms with E-state index in [0.29, 0.717) is 6.67 Å². The topological polar surface area (TPSA) is 33.5 Å². The van der Waals surface area contributed by atoms with Gasteiger partial charge in [0.2, 0.25) is 0 Å². The van der Waals surface area contributed by atoms with Gasteiger partial charge >= 0.3 is 0 Å². The molecule has 0 saturated carbocycles. The third kappa shape index (κ3) is 8.09. The highest BCUT2D eigenvalue weighted by Crippen LogP contribution is 2.45. The lowest BCUT2D eigenvalue weighted by Gasteiger charge is -2.34. The maximum Gasteiger partial charge on any atom is 0.137 e. The van der Waals surface area contributed by atoms with Crippen LogP contribution in [0.4, 0.5) is 11.4 Å². The van der Waals surface area contributed by atoms with E-state index in [0.717, 1.165) is 45.2 Å². The van der Waals surface area contributed by atoms with Gasteiger partial charge < -0.3 is 14.5 Å². The van der Waals surface area contributed by atoms with Crippen LogP contribution < -0.4 is 14.5 Å². The smallest absolute Gasteiger partial charge is 0.137 e. The largest absolute Gasteiger partial charge is 0.457 e. The second kappa shape index (κ2) is 15.9. The van der Waals surface area contributed by atoms with Gasteiger partial charge in [-0.05, 0) is 98.2 Å². The molecule has 1 aliphatic heterocycles. The summed E-state index contributed by atoms with van der Waals surface area (Å²) in [7, 11) is 0. The quantitative estimate of drug-likeness (QED) is 0.153. The first-order valence-electron chi connectivity index (χ1n) is 22.7. The zero-order chi connectivity index (χ0) is 45.2. The molecule has 3 heterocycles. The Morgan fingerprint density at radius 2 is 1.14 bits per heavy atom. The lowest BCUT2D eigenvalue weighted by Crippen LogP contribution is -2.34. The van der Waals surface area contributed by atoms with Crippen LogP contribution in [0.3, 0.4) is 0 Å². The van der Waals surface area contributed by atoms with Crippen LogP contribution in [0.15, 0.2) is 170 Å². The fourth-order valence-electron chi connectivity index (χ4n) is 9.22. The average Bonchev–Trinajstić information content (AvgIpc) is 3.87. The first-order valence-corrected chi connectivity index (χ1v) is 22.7. The number of para-hydroxylation sites is 1. The minimum Gasteiger partial charge on any atom is -0.457 e. The van der Waals surface area contributed by atoms with Gasteiger partial charge in [0, 0.05) is 57.8 Å². The van der Waals surface area contributed by atoms with Crippen molar-refractivity contribution < 1.29 is 4.74 Å². The van der Waals surface area contributed by atoms with Crippen LogP contribution in [0.25, 0.3) is 38.8 Å². The summed E-state index contributed by atoms with van der Waals surface area (Å²) in [6.45, 7) is 25.8. The van der Waals surface area contributed by atoms with E-state index in [2.05, 4.69) is 248 Å². The highest BCUT2D eigenvalue weighted by Gasteiger charge is 2.36. The van der Waals surface area contributed by atoms with Crippen molar-refractivity contribution >= 4 is 33.2 Å². The molecule has 5 heteroatoms. The monoisotopic (exact) mass is 842 g/mol. The molecule has 324 valence electrons. The number of anilines is 2. The van der Waals surface area contributed by atoms with Crippen LogP contribution in [-0.4, -0.2) is 16.2 Å². The van der Waals surface area contributed by atoms with Gasteiger partial charge in [-0.3, -0.25) is 4.57 Å². The van der Waals surface area contributed by atoms with Crippen molar-refractivity contribution in [1.82, 2.24) is 9.55 Å². The lowest BCUT2D eigenvalue weighted by molar-refractivity contribution is 0.480. The third-order valence-electron chi connectivity index (χ3n) is 13.0. The van der Waals surface area contributed by atoms with Gasteiger partial charge in [0.1, 0.15) is 17.3 Å². The molecule has 0 N–H and O–H groups in total. The molecular weight excluding hydrogens is 781 g/mol. The van der Waals surface area contributed by atoms with E-state index in [1.165, 1.54) is 44.4 Å². The third-order valence-corrected chi connectivity index (χ3v) is 13.0. The molecule has 6 aromatic carbocycles. The Hall–Kier alpha value is -6.59. The fraction of sp³-hybridized carbons (Fsp3) is 0.271. The molecule has 1 aliphatic rings. The molecule has 0 bridgehead atoms. The van der Waals surface area contributed by atoms with Crippen LogP contribution in [0, 0.1) is 0 Å². The van der Waals surface area contributed by atoms with Crippen molar-refractivity contribution in [2.45, 2.75) is 97.8 Å². The zero-order valence-electron chi connectivity index (χ0n) is 39.5. The van der Waals surface area contributed by atoms with E-state index in [-0.39, 0.29) is 21.7 Å². The number of hydrogen-bond donors (Lipinski definition) is 0. The molecular formula is C59H62N4O. The highest BCUT2D eigenvalue weighted by molar-refractivity contribution is 6.11. The Morgan fingerprint density at radius 1 is 0.500 bits per heavy atom. The van der Waals surface area contributed by atoms with Crippen LogP contribution in [0.5, 0.6) is 11.5 Å². The van der Waals surface area contributed by atoms with Crippen molar-refractivity contribution in [1.29, 1.82) is 0 Å². The molecule has 9 rings (SSSR count). The Morgan fingerprint density at radius 3 is 1.84 bits per heavy atom. The zero-order valence-corrected chi connectivity index (χ0v) is 39.5. The van der Waals surface area contributed by atoms with E-state index < -0.39 is 0 Å². The summed E-state index contributed by atoms with van der Waals surface area (Å²) < 4.78 is 9.50. The first kappa shape index (κ1) is 42.7. The van der Waals surface area contributed by atoms with Crippen LogP contribution >= 0.6 is 0 Å². The van der Waals surface area contributed by atoms with Crippen LogP contribution in [0.2, 0.25) is 0 Å². The molecule has 64 heavy (non-hydrogen) atoms. The van der Waals surface area contributed by atoms with E-state index in [9.17, 15) is 0 Å². The van der Waals surface area contributed by atoms with E-state index >= 15 is 0 Å². The van der Waals surface area contributed by atoms with Crippen molar-refractivity contribution in [2.75, 3.05) is 16.5 Å². The van der Waals surface area contributed by atoms with E-state index in [1.54, 1.807) is 0 Å². The molecule has 2 aromatic heterocycles. The maximum absolute atomic E-state index is 7.18. The fourth-order valence-corrected chi connectivity index (χ4v) is 9.22. The van der Waals surface area contributed by atoms with E-state index in [4.69, 9.17) is 9.72 Å².